The molecule has 0 unspecified atom stereocenters. The van der Waals surface area contributed by atoms with Gasteiger partial charge in [0, 0.05) is 7.11 Å². The van der Waals surface area contributed by atoms with Gasteiger partial charge in [-0.3, -0.25) is 4.79 Å². The summed E-state index contributed by atoms with van der Waals surface area (Å²) >= 11 is 6.21. The van der Waals surface area contributed by atoms with Crippen molar-refractivity contribution in [1.82, 2.24) is 0 Å². The lowest BCUT2D eigenvalue weighted by Gasteiger charge is -2.21. The smallest absolute Gasteiger partial charge is 0.188 e. The van der Waals surface area contributed by atoms with E-state index in [-0.39, 0.29) is 9.52 Å². The number of halogens is 2. The van der Waals surface area contributed by atoms with Gasteiger partial charge in [0.25, 0.3) is 0 Å². The van der Waals surface area contributed by atoms with Crippen molar-refractivity contribution in [3.8, 4) is 0 Å². The topological polar surface area (TPSA) is 26.3 Å². The van der Waals surface area contributed by atoms with Crippen molar-refractivity contribution in [2.45, 2.75) is 23.2 Å². The molecule has 0 aliphatic carbocycles. The van der Waals surface area contributed by atoms with Crippen molar-refractivity contribution >= 4 is 37.6 Å². The highest BCUT2D eigenvalue weighted by Gasteiger charge is 2.30. The van der Waals surface area contributed by atoms with Crippen molar-refractivity contribution < 1.29 is 9.53 Å². The molecule has 0 saturated heterocycles. The van der Waals surface area contributed by atoms with Gasteiger partial charge in [-0.15, -0.1) is 0 Å². The Morgan fingerprint density at radius 2 is 1.90 bits per heavy atom. The van der Waals surface area contributed by atoms with E-state index >= 15 is 0 Å². The average molecular weight is 274 g/mol. The van der Waals surface area contributed by atoms with E-state index in [1.165, 1.54) is 7.11 Å². The number of ketones is 1. The highest BCUT2D eigenvalue weighted by molar-refractivity contribution is 9.25. The molecule has 0 heterocycles. The lowest BCUT2D eigenvalue weighted by atomic mass is 10.1. The molecule has 60 valence electrons. The third-order valence-corrected chi connectivity index (χ3v) is 2.13. The van der Waals surface area contributed by atoms with Crippen LogP contribution >= 0.6 is 31.9 Å². The fraction of sp³-hybridized carbons (Fsp3) is 0.833. The Hall–Kier alpha value is 0.590. The maximum atomic E-state index is 11.2. The molecule has 0 amide bonds. The number of rotatable bonds is 3. The molecule has 0 aromatic heterocycles. The molecule has 0 aliphatic heterocycles. The summed E-state index contributed by atoms with van der Waals surface area (Å²) in [5, 5.41) is 0. The minimum Gasteiger partial charge on any atom is -0.371 e. The lowest BCUT2D eigenvalue weighted by molar-refractivity contribution is -0.134. The standard InChI is InChI=1S/C6H10Br2O2/c1-6(2,10-3)4(9)5(7)8/h5H,1-3H3. The van der Waals surface area contributed by atoms with Crippen LogP contribution < -0.4 is 0 Å². The van der Waals surface area contributed by atoms with Crippen molar-refractivity contribution in [2.75, 3.05) is 7.11 Å². The number of alkyl halides is 2. The van der Waals surface area contributed by atoms with Gasteiger partial charge in [0.1, 0.15) is 9.34 Å². The molecule has 4 heteroatoms. The Bertz CT molecular complexity index is 132. The van der Waals surface area contributed by atoms with E-state index in [4.69, 9.17) is 4.74 Å². The second-order valence-electron chi connectivity index (χ2n) is 2.38. The van der Waals surface area contributed by atoms with E-state index in [2.05, 4.69) is 31.9 Å². The zero-order valence-electron chi connectivity index (χ0n) is 6.15. The largest absolute Gasteiger partial charge is 0.371 e. The third-order valence-electron chi connectivity index (χ3n) is 1.30. The summed E-state index contributed by atoms with van der Waals surface area (Å²) in [5.74, 6) is -0.0185. The van der Waals surface area contributed by atoms with Crippen molar-refractivity contribution in [3.63, 3.8) is 0 Å². The monoisotopic (exact) mass is 272 g/mol. The van der Waals surface area contributed by atoms with Crippen LogP contribution in [0, 0.1) is 0 Å². The second kappa shape index (κ2) is 3.83. The minimum absolute atomic E-state index is 0.0185. The summed E-state index contributed by atoms with van der Waals surface area (Å²) in [6.07, 6.45) is 0. The molecule has 10 heavy (non-hydrogen) atoms. The summed E-state index contributed by atoms with van der Waals surface area (Å²) in [4.78, 5) is 11.2. The molecule has 0 radical (unpaired) electrons. The van der Waals surface area contributed by atoms with Crippen LogP contribution in [-0.2, 0) is 9.53 Å². The second-order valence-corrected chi connectivity index (χ2v) is 5.44. The van der Waals surface area contributed by atoms with Crippen molar-refractivity contribution in [1.29, 1.82) is 0 Å². The highest BCUT2D eigenvalue weighted by Crippen LogP contribution is 2.19. The van der Waals surface area contributed by atoms with E-state index in [1.54, 1.807) is 13.8 Å². The molecule has 0 saturated carbocycles. The number of hydrogen-bond donors (Lipinski definition) is 0. The Labute approximate surface area is 77.6 Å². The molecular formula is C6H10Br2O2. The summed E-state index contributed by atoms with van der Waals surface area (Å²) in [6.45, 7) is 3.45. The minimum atomic E-state index is -0.711. The van der Waals surface area contributed by atoms with Crippen molar-refractivity contribution in [2.24, 2.45) is 0 Å². The normalized spacial score (nSPS) is 12.2. The lowest BCUT2D eigenvalue weighted by Crippen LogP contribution is -2.37. The van der Waals surface area contributed by atoms with Gasteiger partial charge < -0.3 is 4.74 Å². The van der Waals surface area contributed by atoms with Gasteiger partial charge in [-0.2, -0.15) is 0 Å². The van der Waals surface area contributed by atoms with Crippen molar-refractivity contribution in [3.05, 3.63) is 0 Å². The number of carbonyl (C=O) groups excluding carboxylic acids is 1. The van der Waals surface area contributed by atoms with Crippen LogP contribution in [0.5, 0.6) is 0 Å². The zero-order valence-corrected chi connectivity index (χ0v) is 9.32. The Morgan fingerprint density at radius 3 is 2.00 bits per heavy atom. The molecule has 0 aromatic carbocycles. The molecule has 0 bridgehead atoms. The molecule has 0 aromatic rings. The molecule has 0 N–H and O–H groups in total. The van der Waals surface area contributed by atoms with Gasteiger partial charge in [-0.25, -0.2) is 0 Å². The molecule has 0 atom stereocenters. The zero-order chi connectivity index (χ0) is 8.36. The first kappa shape index (κ1) is 10.6. The maximum Gasteiger partial charge on any atom is 0.188 e. The fourth-order valence-electron chi connectivity index (χ4n) is 0.363. The SMILES string of the molecule is COC(C)(C)C(=O)C(Br)Br. The van der Waals surface area contributed by atoms with Crippen LogP contribution in [0.3, 0.4) is 0 Å². The summed E-state index contributed by atoms with van der Waals surface area (Å²) < 4.78 is 4.63. The Morgan fingerprint density at radius 1 is 1.50 bits per heavy atom. The van der Waals surface area contributed by atoms with Gasteiger partial charge >= 0.3 is 0 Å². The first-order valence-corrected chi connectivity index (χ1v) is 4.62. The van der Waals surface area contributed by atoms with E-state index < -0.39 is 5.60 Å². The van der Waals surface area contributed by atoms with Gasteiger partial charge in [0.05, 0.1) is 0 Å². The molecule has 0 spiro atoms. The quantitative estimate of drug-likeness (QED) is 0.736. The van der Waals surface area contributed by atoms with E-state index in [9.17, 15) is 4.79 Å². The fourth-order valence-corrected chi connectivity index (χ4v) is 1.47. The van der Waals surface area contributed by atoms with Gasteiger partial charge in [-0.1, -0.05) is 31.9 Å². The molecule has 0 aliphatic rings. The van der Waals surface area contributed by atoms with Crippen LogP contribution in [0.25, 0.3) is 0 Å². The summed E-state index contributed by atoms with van der Waals surface area (Å²) in [6, 6.07) is 0. The highest BCUT2D eigenvalue weighted by atomic mass is 79.9. The molecular weight excluding hydrogens is 264 g/mol. The van der Waals surface area contributed by atoms with E-state index in [0.717, 1.165) is 0 Å². The van der Waals surface area contributed by atoms with Gasteiger partial charge in [0.2, 0.25) is 0 Å². The Kier molecular flexibility index (Phi) is 4.06. The summed E-state index contributed by atoms with van der Waals surface area (Å²) in [5.41, 5.74) is -0.711. The number of methoxy groups -OCH3 is 1. The third kappa shape index (κ3) is 2.68. The summed E-state index contributed by atoms with van der Waals surface area (Å²) in [7, 11) is 1.51. The van der Waals surface area contributed by atoms with E-state index in [1.807, 2.05) is 0 Å². The van der Waals surface area contributed by atoms with Crippen LogP contribution in [0.4, 0.5) is 0 Å². The number of carbonyl (C=O) groups is 1. The van der Waals surface area contributed by atoms with Crippen LogP contribution in [-0.4, -0.2) is 22.2 Å². The van der Waals surface area contributed by atoms with Crippen LogP contribution in [0.1, 0.15) is 13.8 Å². The number of hydrogen-bond acceptors (Lipinski definition) is 2. The van der Waals surface area contributed by atoms with Gasteiger partial charge in [-0.05, 0) is 13.8 Å². The molecule has 0 fully saturated rings. The maximum absolute atomic E-state index is 11.2. The average Bonchev–Trinajstić information content (AvgIpc) is 1.86. The predicted octanol–water partition coefficient (Wildman–Crippen LogP) is 2.10. The Balaban J connectivity index is 4.19. The van der Waals surface area contributed by atoms with E-state index in [0.29, 0.717) is 0 Å². The predicted molar refractivity (Wildman–Crippen MR) is 47.7 cm³/mol. The number of ether oxygens (including phenoxy) is 1. The van der Waals surface area contributed by atoms with Crippen LogP contribution in [0.2, 0.25) is 0 Å². The molecule has 0 rings (SSSR count). The number of Topliss-reactive ketones (excluding diaryl/α,β-unsaturated/α-hetero) is 1. The van der Waals surface area contributed by atoms with Gasteiger partial charge in [0.15, 0.2) is 5.78 Å². The first-order chi connectivity index (χ1) is 4.41. The first-order valence-electron chi connectivity index (χ1n) is 2.79. The molecule has 2 nitrogen and oxygen atoms in total. The van der Waals surface area contributed by atoms with Crippen LogP contribution in [0.15, 0.2) is 0 Å².